The summed E-state index contributed by atoms with van der Waals surface area (Å²) >= 11 is 3.29. The fraction of sp³-hybridized carbons (Fsp3) is 0.333. The van der Waals surface area contributed by atoms with Crippen LogP contribution in [0.3, 0.4) is 0 Å². The third-order valence-electron chi connectivity index (χ3n) is 3.67. The topological polar surface area (TPSA) is 42.0 Å². The van der Waals surface area contributed by atoms with Gasteiger partial charge in [-0.3, -0.25) is 4.79 Å². The molecular formula is C18H20N2OS2. The number of thiazole rings is 1. The SMILES string of the molecule is CC(C)(C)c1csc(CNC(=O)Cc2csc3ccccc23)n1. The van der Waals surface area contributed by atoms with Crippen LogP contribution in [0, 0.1) is 0 Å². The summed E-state index contributed by atoms with van der Waals surface area (Å²) in [6.45, 7) is 6.94. The Hall–Kier alpha value is -1.72. The zero-order valence-corrected chi connectivity index (χ0v) is 15.2. The van der Waals surface area contributed by atoms with Crippen LogP contribution < -0.4 is 5.32 Å². The van der Waals surface area contributed by atoms with Gasteiger partial charge in [0.15, 0.2) is 0 Å². The highest BCUT2D eigenvalue weighted by molar-refractivity contribution is 7.17. The standard InChI is InChI=1S/C18H20N2OS2/c1-18(2,3)15-11-23-17(20-15)9-19-16(21)8-12-10-22-14-7-5-4-6-13(12)14/h4-7,10-11H,8-9H2,1-3H3,(H,19,21). The van der Waals surface area contributed by atoms with Crippen molar-refractivity contribution in [2.75, 3.05) is 0 Å². The molecule has 0 aliphatic rings. The molecule has 1 N–H and O–H groups in total. The van der Waals surface area contributed by atoms with Gasteiger partial charge >= 0.3 is 0 Å². The lowest BCUT2D eigenvalue weighted by Crippen LogP contribution is -2.24. The van der Waals surface area contributed by atoms with Gasteiger partial charge in [0.1, 0.15) is 5.01 Å². The molecule has 0 spiro atoms. The van der Waals surface area contributed by atoms with Crippen molar-refractivity contribution in [3.63, 3.8) is 0 Å². The number of thiophene rings is 1. The van der Waals surface area contributed by atoms with Crippen molar-refractivity contribution in [1.82, 2.24) is 10.3 Å². The van der Waals surface area contributed by atoms with Crippen molar-refractivity contribution in [1.29, 1.82) is 0 Å². The molecule has 0 aliphatic heterocycles. The molecule has 0 aliphatic carbocycles. The molecule has 0 bridgehead atoms. The molecule has 3 rings (SSSR count). The number of hydrogen-bond acceptors (Lipinski definition) is 4. The van der Waals surface area contributed by atoms with Crippen molar-refractivity contribution in [3.05, 3.63) is 51.3 Å². The maximum absolute atomic E-state index is 12.2. The highest BCUT2D eigenvalue weighted by atomic mass is 32.1. The third-order valence-corrected chi connectivity index (χ3v) is 5.53. The van der Waals surface area contributed by atoms with Crippen LogP contribution in [0.2, 0.25) is 0 Å². The molecule has 120 valence electrons. The lowest BCUT2D eigenvalue weighted by molar-refractivity contribution is -0.120. The van der Waals surface area contributed by atoms with Crippen LogP contribution in [0.1, 0.15) is 37.0 Å². The van der Waals surface area contributed by atoms with Crippen LogP contribution in [0.5, 0.6) is 0 Å². The first-order valence-corrected chi connectivity index (χ1v) is 9.36. The van der Waals surface area contributed by atoms with Gasteiger partial charge in [-0.05, 0) is 22.4 Å². The number of fused-ring (bicyclic) bond motifs is 1. The maximum Gasteiger partial charge on any atom is 0.224 e. The van der Waals surface area contributed by atoms with E-state index in [-0.39, 0.29) is 11.3 Å². The van der Waals surface area contributed by atoms with E-state index in [0.29, 0.717) is 13.0 Å². The Morgan fingerprint density at radius 1 is 1.17 bits per heavy atom. The minimum Gasteiger partial charge on any atom is -0.349 e. The number of carbonyl (C=O) groups excluding carboxylic acids is 1. The van der Waals surface area contributed by atoms with Crippen molar-refractivity contribution >= 4 is 38.7 Å². The molecule has 1 aromatic carbocycles. The van der Waals surface area contributed by atoms with Crippen LogP contribution in [-0.4, -0.2) is 10.9 Å². The monoisotopic (exact) mass is 344 g/mol. The molecule has 2 heterocycles. The van der Waals surface area contributed by atoms with Crippen molar-refractivity contribution < 1.29 is 4.79 Å². The van der Waals surface area contributed by atoms with Gasteiger partial charge < -0.3 is 5.32 Å². The quantitative estimate of drug-likeness (QED) is 0.756. The summed E-state index contributed by atoms with van der Waals surface area (Å²) in [4.78, 5) is 16.8. The second kappa shape index (κ2) is 6.42. The van der Waals surface area contributed by atoms with Crippen molar-refractivity contribution in [2.24, 2.45) is 0 Å². The molecule has 3 nitrogen and oxygen atoms in total. The van der Waals surface area contributed by atoms with Gasteiger partial charge in [0.25, 0.3) is 0 Å². The summed E-state index contributed by atoms with van der Waals surface area (Å²) in [6, 6.07) is 8.20. The molecule has 0 atom stereocenters. The number of benzene rings is 1. The first kappa shape index (κ1) is 16.1. The van der Waals surface area contributed by atoms with E-state index in [4.69, 9.17) is 0 Å². The summed E-state index contributed by atoms with van der Waals surface area (Å²) in [5.74, 6) is 0.0426. The molecule has 1 amide bonds. The van der Waals surface area contributed by atoms with Gasteiger partial charge in [-0.15, -0.1) is 22.7 Å². The minimum absolute atomic E-state index is 0.0426. The number of amides is 1. The average molecular weight is 345 g/mol. The van der Waals surface area contributed by atoms with Gasteiger partial charge in [0, 0.05) is 15.5 Å². The van der Waals surface area contributed by atoms with E-state index in [2.05, 4.69) is 54.0 Å². The molecule has 0 unspecified atom stereocenters. The van der Waals surface area contributed by atoms with Gasteiger partial charge in [-0.25, -0.2) is 4.98 Å². The smallest absolute Gasteiger partial charge is 0.224 e. The lowest BCUT2D eigenvalue weighted by atomic mass is 9.93. The maximum atomic E-state index is 12.2. The Labute approximate surface area is 144 Å². The Kier molecular flexibility index (Phi) is 4.50. The zero-order valence-electron chi connectivity index (χ0n) is 13.6. The Bertz CT molecular complexity index is 827. The van der Waals surface area contributed by atoms with Crippen molar-refractivity contribution in [3.8, 4) is 0 Å². The number of nitrogens with zero attached hydrogens (tertiary/aromatic N) is 1. The van der Waals surface area contributed by atoms with E-state index in [9.17, 15) is 4.79 Å². The van der Waals surface area contributed by atoms with E-state index >= 15 is 0 Å². The number of nitrogens with one attached hydrogen (secondary N) is 1. The summed E-state index contributed by atoms with van der Waals surface area (Å²) in [6.07, 6.45) is 0.418. The van der Waals surface area contributed by atoms with Crippen molar-refractivity contribution in [2.45, 2.75) is 39.2 Å². The Morgan fingerprint density at radius 2 is 1.96 bits per heavy atom. The molecule has 0 saturated carbocycles. The number of aromatic nitrogens is 1. The van der Waals surface area contributed by atoms with E-state index in [1.807, 2.05) is 12.1 Å². The van der Waals surface area contributed by atoms with E-state index in [1.165, 1.54) is 10.1 Å². The fourth-order valence-corrected chi connectivity index (χ4v) is 4.24. The number of rotatable bonds is 4. The molecular weight excluding hydrogens is 324 g/mol. The number of carbonyl (C=O) groups is 1. The Morgan fingerprint density at radius 3 is 2.70 bits per heavy atom. The summed E-state index contributed by atoms with van der Waals surface area (Å²) in [5.41, 5.74) is 2.22. The Balaban J connectivity index is 1.61. The highest BCUT2D eigenvalue weighted by Crippen LogP contribution is 2.26. The van der Waals surface area contributed by atoms with Gasteiger partial charge in [-0.2, -0.15) is 0 Å². The second-order valence-corrected chi connectivity index (χ2v) is 8.44. The number of hydrogen-bond donors (Lipinski definition) is 1. The van der Waals surface area contributed by atoms with E-state index in [1.54, 1.807) is 22.7 Å². The molecule has 0 radical (unpaired) electrons. The van der Waals surface area contributed by atoms with Gasteiger partial charge in [-0.1, -0.05) is 39.0 Å². The van der Waals surface area contributed by atoms with Crippen LogP contribution >= 0.6 is 22.7 Å². The fourth-order valence-electron chi connectivity index (χ4n) is 2.32. The normalized spacial score (nSPS) is 11.8. The highest BCUT2D eigenvalue weighted by Gasteiger charge is 2.17. The van der Waals surface area contributed by atoms with Crippen LogP contribution in [0.25, 0.3) is 10.1 Å². The van der Waals surface area contributed by atoms with Crippen LogP contribution in [0.4, 0.5) is 0 Å². The van der Waals surface area contributed by atoms with Crippen LogP contribution in [-0.2, 0) is 23.2 Å². The van der Waals surface area contributed by atoms with Gasteiger partial charge in [0.05, 0.1) is 18.7 Å². The predicted molar refractivity (Wildman–Crippen MR) is 98.2 cm³/mol. The summed E-state index contributed by atoms with van der Waals surface area (Å²) in [7, 11) is 0. The van der Waals surface area contributed by atoms with Gasteiger partial charge in [0.2, 0.25) is 5.91 Å². The first-order valence-electron chi connectivity index (χ1n) is 7.60. The van der Waals surface area contributed by atoms with Crippen LogP contribution in [0.15, 0.2) is 35.0 Å². The molecule has 23 heavy (non-hydrogen) atoms. The zero-order chi connectivity index (χ0) is 16.4. The molecule has 0 saturated heterocycles. The first-order chi connectivity index (χ1) is 10.9. The van der Waals surface area contributed by atoms with E-state index in [0.717, 1.165) is 16.3 Å². The molecule has 2 aromatic heterocycles. The summed E-state index contributed by atoms with van der Waals surface area (Å²) in [5, 5.41) is 9.27. The predicted octanol–water partition coefficient (Wildman–Crippen LogP) is 4.51. The average Bonchev–Trinajstić information content (AvgIpc) is 3.12. The molecule has 0 fully saturated rings. The molecule has 5 heteroatoms. The van der Waals surface area contributed by atoms with E-state index < -0.39 is 0 Å². The molecule has 3 aromatic rings. The lowest BCUT2D eigenvalue weighted by Gasteiger charge is -2.14. The third kappa shape index (κ3) is 3.79. The largest absolute Gasteiger partial charge is 0.349 e. The minimum atomic E-state index is 0.0426. The summed E-state index contributed by atoms with van der Waals surface area (Å²) < 4.78 is 1.23. The second-order valence-electron chi connectivity index (χ2n) is 6.59.